The minimum absolute atomic E-state index is 0.0597. The van der Waals surface area contributed by atoms with Crippen molar-refractivity contribution >= 4 is 27.5 Å². The van der Waals surface area contributed by atoms with E-state index >= 15 is 0 Å². The number of sulfonamides is 1. The fourth-order valence-electron chi connectivity index (χ4n) is 2.38. The molecule has 0 aromatic heterocycles. The van der Waals surface area contributed by atoms with Crippen LogP contribution < -0.4 is 20.1 Å². The molecule has 0 aliphatic carbocycles. The molecule has 0 heterocycles. The molecule has 2 amide bonds. The van der Waals surface area contributed by atoms with Gasteiger partial charge in [0.25, 0.3) is 0 Å². The second-order valence-corrected chi connectivity index (χ2v) is 7.75. The molecule has 150 valence electrons. The molecule has 3 N–H and O–H groups in total. The summed E-state index contributed by atoms with van der Waals surface area (Å²) in [4.78, 5) is 23.0. The van der Waals surface area contributed by atoms with Crippen molar-refractivity contribution in [3.8, 4) is 5.75 Å². The van der Waals surface area contributed by atoms with Gasteiger partial charge in [-0.1, -0.05) is 12.1 Å². The lowest BCUT2D eigenvalue weighted by atomic mass is 10.1. The standard InChI is InChI=1S/C19H23N3O5S/c1-14(23)22-16-5-9-18(10-6-16)28(25,26)21-12-11-20-19(24)13-15-3-7-17(27-2)8-4-15/h3-10,21H,11-13H2,1-2H3,(H,20,24)(H,22,23). The Labute approximate surface area is 164 Å². The molecule has 0 saturated carbocycles. The highest BCUT2D eigenvalue weighted by molar-refractivity contribution is 7.89. The number of hydrogen-bond donors (Lipinski definition) is 3. The molecule has 0 saturated heterocycles. The van der Waals surface area contributed by atoms with Crippen molar-refractivity contribution < 1.29 is 22.7 Å². The van der Waals surface area contributed by atoms with Crippen LogP contribution >= 0.6 is 0 Å². The molecule has 8 nitrogen and oxygen atoms in total. The van der Waals surface area contributed by atoms with Crippen LogP contribution in [0.25, 0.3) is 0 Å². The second-order valence-electron chi connectivity index (χ2n) is 5.98. The SMILES string of the molecule is COc1ccc(CC(=O)NCCNS(=O)(=O)c2ccc(NC(C)=O)cc2)cc1. The minimum atomic E-state index is -3.70. The van der Waals surface area contributed by atoms with Crippen molar-refractivity contribution in [2.24, 2.45) is 0 Å². The van der Waals surface area contributed by atoms with E-state index in [-0.39, 0.29) is 36.2 Å². The number of carbonyl (C=O) groups excluding carboxylic acids is 2. The number of nitrogens with one attached hydrogen (secondary N) is 3. The van der Waals surface area contributed by atoms with Crippen LogP contribution in [0, 0.1) is 0 Å². The Morgan fingerprint density at radius 2 is 1.61 bits per heavy atom. The van der Waals surface area contributed by atoms with Crippen LogP contribution in [-0.2, 0) is 26.0 Å². The fourth-order valence-corrected chi connectivity index (χ4v) is 3.41. The minimum Gasteiger partial charge on any atom is -0.497 e. The van der Waals surface area contributed by atoms with E-state index in [1.54, 1.807) is 31.4 Å². The monoisotopic (exact) mass is 405 g/mol. The zero-order valence-electron chi connectivity index (χ0n) is 15.7. The van der Waals surface area contributed by atoms with E-state index in [0.717, 1.165) is 5.56 Å². The Balaban J connectivity index is 1.78. The summed E-state index contributed by atoms with van der Waals surface area (Å²) >= 11 is 0. The quantitative estimate of drug-likeness (QED) is 0.544. The lowest BCUT2D eigenvalue weighted by Gasteiger charge is -2.09. The molecular weight excluding hydrogens is 382 g/mol. The Bertz CT molecular complexity index is 910. The van der Waals surface area contributed by atoms with E-state index in [9.17, 15) is 18.0 Å². The summed E-state index contributed by atoms with van der Waals surface area (Å²) in [6.07, 6.45) is 0.196. The van der Waals surface area contributed by atoms with Gasteiger partial charge in [-0.3, -0.25) is 9.59 Å². The van der Waals surface area contributed by atoms with Gasteiger partial charge >= 0.3 is 0 Å². The number of benzene rings is 2. The van der Waals surface area contributed by atoms with Gasteiger partial charge in [-0.15, -0.1) is 0 Å². The molecule has 0 radical (unpaired) electrons. The highest BCUT2D eigenvalue weighted by Crippen LogP contribution is 2.14. The molecule has 0 atom stereocenters. The molecule has 2 rings (SSSR count). The third-order valence-corrected chi connectivity index (χ3v) is 5.22. The van der Waals surface area contributed by atoms with Gasteiger partial charge in [-0.2, -0.15) is 0 Å². The van der Waals surface area contributed by atoms with Crippen LogP contribution in [-0.4, -0.2) is 40.4 Å². The van der Waals surface area contributed by atoms with Gasteiger partial charge in [0.05, 0.1) is 18.4 Å². The zero-order chi connectivity index (χ0) is 20.6. The highest BCUT2D eigenvalue weighted by atomic mass is 32.2. The van der Waals surface area contributed by atoms with Crippen molar-refractivity contribution in [2.75, 3.05) is 25.5 Å². The summed E-state index contributed by atoms with van der Waals surface area (Å²) in [5, 5.41) is 5.24. The largest absolute Gasteiger partial charge is 0.497 e. The van der Waals surface area contributed by atoms with Crippen LogP contribution in [0.4, 0.5) is 5.69 Å². The normalized spacial score (nSPS) is 10.9. The Morgan fingerprint density at radius 1 is 0.964 bits per heavy atom. The van der Waals surface area contributed by atoms with Crippen molar-refractivity contribution in [3.05, 3.63) is 54.1 Å². The van der Waals surface area contributed by atoms with Crippen LogP contribution in [0.2, 0.25) is 0 Å². The summed E-state index contributed by atoms with van der Waals surface area (Å²) < 4.78 is 32.0. The summed E-state index contributed by atoms with van der Waals surface area (Å²) in [6, 6.07) is 12.9. The molecule has 0 aliphatic heterocycles. The van der Waals surface area contributed by atoms with Crippen molar-refractivity contribution in [1.82, 2.24) is 10.0 Å². The topological polar surface area (TPSA) is 114 Å². The third kappa shape index (κ3) is 6.67. The van der Waals surface area contributed by atoms with Crippen molar-refractivity contribution in [2.45, 2.75) is 18.2 Å². The maximum Gasteiger partial charge on any atom is 0.240 e. The van der Waals surface area contributed by atoms with E-state index in [0.29, 0.717) is 11.4 Å². The van der Waals surface area contributed by atoms with Crippen LogP contribution in [0.15, 0.2) is 53.4 Å². The molecule has 0 bridgehead atoms. The number of ether oxygens (including phenoxy) is 1. The molecule has 0 spiro atoms. The lowest BCUT2D eigenvalue weighted by molar-refractivity contribution is -0.120. The van der Waals surface area contributed by atoms with E-state index in [2.05, 4.69) is 15.4 Å². The van der Waals surface area contributed by atoms with Crippen molar-refractivity contribution in [1.29, 1.82) is 0 Å². The molecule has 28 heavy (non-hydrogen) atoms. The zero-order valence-corrected chi connectivity index (χ0v) is 16.5. The maximum absolute atomic E-state index is 12.2. The molecule has 9 heteroatoms. The number of anilines is 1. The lowest BCUT2D eigenvalue weighted by Crippen LogP contribution is -2.35. The van der Waals surface area contributed by atoms with Gasteiger partial charge in [0.2, 0.25) is 21.8 Å². The predicted molar refractivity (Wildman–Crippen MR) is 106 cm³/mol. The number of hydrogen-bond acceptors (Lipinski definition) is 5. The summed E-state index contributed by atoms with van der Waals surface area (Å²) in [5.74, 6) is 0.270. The van der Waals surface area contributed by atoms with E-state index in [1.165, 1.54) is 31.2 Å². The summed E-state index contributed by atoms with van der Waals surface area (Å²) in [5.41, 5.74) is 1.34. The summed E-state index contributed by atoms with van der Waals surface area (Å²) in [6.45, 7) is 1.59. The first-order chi connectivity index (χ1) is 13.3. The van der Waals surface area contributed by atoms with Gasteiger partial charge in [-0.25, -0.2) is 13.1 Å². The number of carbonyl (C=O) groups is 2. The average molecular weight is 405 g/mol. The molecule has 2 aromatic rings. The smallest absolute Gasteiger partial charge is 0.240 e. The van der Waals surface area contributed by atoms with Crippen LogP contribution in [0.1, 0.15) is 12.5 Å². The molecule has 0 aliphatic rings. The molecular formula is C19H23N3O5S. The Kier molecular flexibility index (Phi) is 7.53. The molecule has 0 fully saturated rings. The second kappa shape index (κ2) is 9.86. The number of methoxy groups -OCH3 is 1. The van der Waals surface area contributed by atoms with E-state index in [4.69, 9.17) is 4.74 Å². The van der Waals surface area contributed by atoms with Crippen LogP contribution in [0.5, 0.6) is 5.75 Å². The fraction of sp³-hybridized carbons (Fsp3) is 0.263. The van der Waals surface area contributed by atoms with Gasteiger partial charge in [0, 0.05) is 25.7 Å². The number of rotatable bonds is 9. The summed E-state index contributed by atoms with van der Waals surface area (Å²) in [7, 11) is -2.13. The van der Waals surface area contributed by atoms with Crippen LogP contribution in [0.3, 0.4) is 0 Å². The Hall–Kier alpha value is -2.91. The van der Waals surface area contributed by atoms with Gasteiger partial charge in [0.1, 0.15) is 5.75 Å². The maximum atomic E-state index is 12.2. The first-order valence-corrected chi connectivity index (χ1v) is 10.1. The van der Waals surface area contributed by atoms with Crippen molar-refractivity contribution in [3.63, 3.8) is 0 Å². The Morgan fingerprint density at radius 3 is 2.18 bits per heavy atom. The number of amides is 2. The van der Waals surface area contributed by atoms with E-state index in [1.807, 2.05) is 0 Å². The third-order valence-electron chi connectivity index (χ3n) is 3.75. The van der Waals surface area contributed by atoms with Gasteiger partial charge < -0.3 is 15.4 Å². The average Bonchev–Trinajstić information content (AvgIpc) is 2.66. The van der Waals surface area contributed by atoms with E-state index < -0.39 is 10.0 Å². The predicted octanol–water partition coefficient (Wildman–Crippen LogP) is 1.29. The molecule has 0 unspecified atom stereocenters. The highest BCUT2D eigenvalue weighted by Gasteiger charge is 2.13. The van der Waals surface area contributed by atoms with Gasteiger partial charge in [-0.05, 0) is 42.0 Å². The first kappa shape index (κ1) is 21.4. The van der Waals surface area contributed by atoms with Gasteiger partial charge in [0.15, 0.2) is 0 Å². The first-order valence-electron chi connectivity index (χ1n) is 8.57. The molecule has 2 aromatic carbocycles.